The third-order valence-electron chi connectivity index (χ3n) is 5.43. The van der Waals surface area contributed by atoms with Gasteiger partial charge in [-0.05, 0) is 75.1 Å². The molecule has 0 spiro atoms. The molecule has 0 saturated heterocycles. The molecule has 5 heteroatoms. The number of sulfone groups is 1. The second-order valence-corrected chi connectivity index (χ2v) is 10.1. The van der Waals surface area contributed by atoms with Gasteiger partial charge in [-0.25, -0.2) is 12.8 Å². The maximum absolute atomic E-state index is 13.4. The van der Waals surface area contributed by atoms with Crippen molar-refractivity contribution in [3.63, 3.8) is 0 Å². The topological polar surface area (TPSA) is 46.5 Å². The van der Waals surface area contributed by atoms with Crippen molar-refractivity contribution in [3.05, 3.63) is 47.3 Å². The summed E-state index contributed by atoms with van der Waals surface area (Å²) < 4.78 is 37.6. The van der Waals surface area contributed by atoms with Gasteiger partial charge in [0.2, 0.25) is 0 Å². The second-order valence-electron chi connectivity index (χ2n) is 7.53. The van der Waals surface area contributed by atoms with E-state index in [2.05, 4.69) is 11.1 Å². The lowest BCUT2D eigenvalue weighted by atomic mass is 9.79. The smallest absolute Gasteiger partial charge is 0.152 e. The summed E-state index contributed by atoms with van der Waals surface area (Å²) in [5, 5.41) is -0.287. The van der Waals surface area contributed by atoms with Gasteiger partial charge in [0, 0.05) is 5.56 Å². The Balaban J connectivity index is 1.58. The molecule has 0 atom stereocenters. The van der Waals surface area contributed by atoms with Crippen LogP contribution in [0, 0.1) is 17.7 Å². The Morgan fingerprint density at radius 2 is 1.92 bits per heavy atom. The molecule has 0 unspecified atom stereocenters. The molecule has 3 rings (SSSR count). The summed E-state index contributed by atoms with van der Waals surface area (Å²) in [7, 11) is -2.96. The molecule has 136 valence electrons. The van der Waals surface area contributed by atoms with E-state index >= 15 is 0 Å². The Hall–Kier alpha value is -1.49. The number of halogens is 1. The van der Waals surface area contributed by atoms with Crippen molar-refractivity contribution in [2.24, 2.45) is 16.8 Å². The maximum Gasteiger partial charge on any atom is 0.152 e. The van der Waals surface area contributed by atoms with E-state index in [0.717, 1.165) is 37.0 Å². The van der Waals surface area contributed by atoms with Crippen LogP contribution >= 0.6 is 0 Å². The lowest BCUT2D eigenvalue weighted by molar-refractivity contribution is 0.320. The minimum atomic E-state index is -2.96. The van der Waals surface area contributed by atoms with Crippen molar-refractivity contribution >= 4 is 15.5 Å². The normalized spacial score (nSPS) is 24.3. The minimum Gasteiger partial charge on any atom is -0.280 e. The van der Waals surface area contributed by atoms with E-state index in [4.69, 9.17) is 0 Å². The first kappa shape index (κ1) is 18.3. The second kappa shape index (κ2) is 7.40. The van der Waals surface area contributed by atoms with Crippen LogP contribution in [0.1, 0.15) is 45.1 Å². The van der Waals surface area contributed by atoms with Gasteiger partial charge in [-0.2, -0.15) is 0 Å². The minimum absolute atomic E-state index is 0.242. The molecule has 0 bridgehead atoms. The third-order valence-corrected chi connectivity index (χ3v) is 7.80. The van der Waals surface area contributed by atoms with Gasteiger partial charge in [0.15, 0.2) is 9.84 Å². The van der Waals surface area contributed by atoms with E-state index in [1.807, 2.05) is 6.07 Å². The fraction of sp³-hybridized carbons (Fsp3) is 0.550. The fourth-order valence-corrected chi connectivity index (χ4v) is 5.11. The van der Waals surface area contributed by atoms with E-state index in [1.165, 1.54) is 17.7 Å². The molecule has 0 radical (unpaired) electrons. The van der Waals surface area contributed by atoms with E-state index in [0.29, 0.717) is 18.2 Å². The molecule has 25 heavy (non-hydrogen) atoms. The van der Waals surface area contributed by atoms with Gasteiger partial charge in [0.25, 0.3) is 0 Å². The van der Waals surface area contributed by atoms with Crippen LogP contribution in [0.3, 0.4) is 0 Å². The number of aliphatic imine (C=N–C) groups is 1. The van der Waals surface area contributed by atoms with Crippen molar-refractivity contribution in [2.75, 3.05) is 12.3 Å². The summed E-state index contributed by atoms with van der Waals surface area (Å²) in [5.74, 6) is 0.845. The lowest BCUT2D eigenvalue weighted by Gasteiger charge is -2.29. The van der Waals surface area contributed by atoms with E-state index in [1.54, 1.807) is 19.9 Å². The monoisotopic (exact) mass is 363 g/mol. The Morgan fingerprint density at radius 3 is 2.56 bits per heavy atom. The molecule has 0 N–H and O–H groups in total. The summed E-state index contributed by atoms with van der Waals surface area (Å²) in [4.78, 5) is 4.57. The van der Waals surface area contributed by atoms with Gasteiger partial charge in [-0.3, -0.25) is 4.99 Å². The van der Waals surface area contributed by atoms with Crippen LogP contribution in [-0.4, -0.2) is 31.7 Å². The van der Waals surface area contributed by atoms with Crippen molar-refractivity contribution in [1.29, 1.82) is 0 Å². The van der Waals surface area contributed by atoms with Gasteiger partial charge in [0.1, 0.15) is 5.82 Å². The highest BCUT2D eigenvalue weighted by atomic mass is 32.2. The van der Waals surface area contributed by atoms with Crippen molar-refractivity contribution in [3.8, 4) is 0 Å². The van der Waals surface area contributed by atoms with Gasteiger partial charge in [0.05, 0.1) is 23.3 Å². The Kier molecular flexibility index (Phi) is 5.42. The van der Waals surface area contributed by atoms with Crippen LogP contribution in [0.25, 0.3) is 0 Å². The Morgan fingerprint density at radius 1 is 1.20 bits per heavy atom. The highest BCUT2D eigenvalue weighted by Crippen LogP contribution is 2.36. The number of nitrogens with zero attached hydrogens (tertiary/aromatic N) is 1. The van der Waals surface area contributed by atoms with E-state index in [-0.39, 0.29) is 17.0 Å². The van der Waals surface area contributed by atoms with Crippen molar-refractivity contribution < 1.29 is 12.8 Å². The predicted octanol–water partition coefficient (Wildman–Crippen LogP) is 4.18. The van der Waals surface area contributed by atoms with Crippen LogP contribution in [-0.2, 0) is 9.84 Å². The molecular weight excluding hydrogens is 337 g/mol. The van der Waals surface area contributed by atoms with Crippen molar-refractivity contribution in [1.82, 2.24) is 0 Å². The summed E-state index contributed by atoms with van der Waals surface area (Å²) in [6, 6.07) is 6.55. The fourth-order valence-electron chi connectivity index (χ4n) is 3.73. The number of rotatable bonds is 5. The summed E-state index contributed by atoms with van der Waals surface area (Å²) in [5.41, 5.74) is 3.00. The Labute approximate surface area is 150 Å². The van der Waals surface area contributed by atoms with E-state index < -0.39 is 9.84 Å². The molecule has 0 amide bonds. The maximum atomic E-state index is 13.4. The van der Waals surface area contributed by atoms with Crippen LogP contribution in [0.4, 0.5) is 4.39 Å². The molecule has 1 heterocycles. The van der Waals surface area contributed by atoms with Gasteiger partial charge in [-0.15, -0.1) is 0 Å². The number of hydrogen-bond donors (Lipinski definition) is 0. The zero-order chi connectivity index (χ0) is 18.0. The molecule has 1 saturated carbocycles. The molecule has 1 aliphatic carbocycles. The predicted molar refractivity (Wildman–Crippen MR) is 100 cm³/mol. The zero-order valence-corrected chi connectivity index (χ0v) is 15.7. The van der Waals surface area contributed by atoms with Gasteiger partial charge >= 0.3 is 0 Å². The molecule has 1 aromatic rings. The van der Waals surface area contributed by atoms with Crippen molar-refractivity contribution in [2.45, 2.75) is 44.8 Å². The van der Waals surface area contributed by atoms with Gasteiger partial charge < -0.3 is 0 Å². The van der Waals surface area contributed by atoms with Crippen LogP contribution in [0.2, 0.25) is 0 Å². The van der Waals surface area contributed by atoms with Crippen LogP contribution < -0.4 is 0 Å². The number of benzene rings is 1. The summed E-state index contributed by atoms with van der Waals surface area (Å²) >= 11 is 0. The third kappa shape index (κ3) is 4.38. The highest BCUT2D eigenvalue weighted by Gasteiger charge is 2.29. The van der Waals surface area contributed by atoms with Crippen LogP contribution in [0.15, 0.2) is 40.9 Å². The first-order valence-corrected chi connectivity index (χ1v) is 10.8. The van der Waals surface area contributed by atoms with E-state index in [9.17, 15) is 12.8 Å². The molecule has 0 aromatic heterocycles. The van der Waals surface area contributed by atoms with Gasteiger partial charge in [-0.1, -0.05) is 12.1 Å². The molecular formula is C20H26FNO2S. The first-order chi connectivity index (χ1) is 11.8. The molecule has 2 aliphatic rings. The SMILES string of the molecule is CC(C)S(=O)(=O)CC1CCC(C2=CC(c3cccc(F)c3)=NC2)CC1. The molecule has 1 fully saturated rings. The molecule has 1 aromatic carbocycles. The largest absolute Gasteiger partial charge is 0.280 e. The molecule has 1 aliphatic heterocycles. The quantitative estimate of drug-likeness (QED) is 0.788. The lowest BCUT2D eigenvalue weighted by Crippen LogP contribution is -2.27. The highest BCUT2D eigenvalue weighted by molar-refractivity contribution is 7.91. The number of allylic oxidation sites excluding steroid dienone is 1. The van der Waals surface area contributed by atoms with Crippen LogP contribution in [0.5, 0.6) is 0 Å². The number of hydrogen-bond acceptors (Lipinski definition) is 3. The average Bonchev–Trinajstić information content (AvgIpc) is 3.05. The molecule has 3 nitrogen and oxygen atoms in total. The summed E-state index contributed by atoms with van der Waals surface area (Å²) in [6.07, 6.45) is 6.07. The first-order valence-electron chi connectivity index (χ1n) is 9.07. The average molecular weight is 363 g/mol. The standard InChI is InChI=1S/C20H26FNO2S/c1-14(2)25(23,24)13-15-6-8-16(9-7-15)18-11-20(22-12-18)17-4-3-5-19(21)10-17/h3-5,10-11,14-16H,6-9,12-13H2,1-2H3. The Bertz CT molecular complexity index is 788. The summed E-state index contributed by atoms with van der Waals surface area (Å²) in [6.45, 7) is 4.21. The zero-order valence-electron chi connectivity index (χ0n) is 14.9.